The Morgan fingerprint density at radius 1 is 1.15 bits per heavy atom. The maximum absolute atomic E-state index is 4.79. The van der Waals surface area contributed by atoms with Crippen LogP contribution >= 0.6 is 11.8 Å². The smallest absolute Gasteiger partial charge is 0.130 e. The number of fused-ring (bicyclic) bond motifs is 1. The molecule has 0 spiro atoms. The van der Waals surface area contributed by atoms with Crippen molar-refractivity contribution >= 4 is 28.5 Å². The molecular weight excluding hydrogens is 264 g/mol. The Balaban J connectivity index is 2.18. The van der Waals surface area contributed by atoms with Crippen molar-refractivity contribution in [2.45, 2.75) is 38.9 Å². The molecule has 0 bridgehead atoms. The van der Waals surface area contributed by atoms with E-state index in [1.54, 1.807) is 0 Å². The Bertz CT molecular complexity index is 540. The maximum Gasteiger partial charge on any atom is 0.130 e. The van der Waals surface area contributed by atoms with Gasteiger partial charge in [0, 0.05) is 23.2 Å². The standard InChI is InChI=1S/C17H24N2S/c1-3-5-11-20-13-15-12-14-8-6-7-9-16(14)19-17(15)18-10-4-2/h6-9,12H,3-5,10-11,13H2,1-2H3,(H,18,19). The molecule has 0 atom stereocenters. The van der Waals surface area contributed by atoms with E-state index in [1.165, 1.54) is 29.5 Å². The molecule has 3 heteroatoms. The summed E-state index contributed by atoms with van der Waals surface area (Å²) in [6.07, 6.45) is 3.68. The zero-order valence-electron chi connectivity index (χ0n) is 12.5. The van der Waals surface area contributed by atoms with E-state index in [0.29, 0.717) is 0 Å². The zero-order valence-corrected chi connectivity index (χ0v) is 13.3. The summed E-state index contributed by atoms with van der Waals surface area (Å²) in [6.45, 7) is 5.41. The third kappa shape index (κ3) is 4.14. The molecular formula is C17H24N2S. The summed E-state index contributed by atoms with van der Waals surface area (Å²) >= 11 is 2.01. The van der Waals surface area contributed by atoms with E-state index in [0.717, 1.165) is 30.1 Å². The van der Waals surface area contributed by atoms with Gasteiger partial charge >= 0.3 is 0 Å². The lowest BCUT2D eigenvalue weighted by molar-refractivity contribution is 0.896. The number of benzene rings is 1. The number of nitrogens with zero attached hydrogens (tertiary/aromatic N) is 1. The number of nitrogens with one attached hydrogen (secondary N) is 1. The SMILES string of the molecule is CCCCSCc1cc2ccccc2nc1NCCC. The Morgan fingerprint density at radius 3 is 2.80 bits per heavy atom. The van der Waals surface area contributed by atoms with Crippen molar-refractivity contribution in [3.05, 3.63) is 35.9 Å². The molecule has 108 valence electrons. The molecule has 2 rings (SSSR count). The molecule has 0 saturated carbocycles. The minimum Gasteiger partial charge on any atom is -0.370 e. The first-order valence-electron chi connectivity index (χ1n) is 7.55. The van der Waals surface area contributed by atoms with E-state index < -0.39 is 0 Å². The highest BCUT2D eigenvalue weighted by molar-refractivity contribution is 7.98. The summed E-state index contributed by atoms with van der Waals surface area (Å²) in [6, 6.07) is 10.7. The number of unbranched alkanes of at least 4 members (excludes halogenated alkanes) is 1. The normalized spacial score (nSPS) is 10.9. The number of hydrogen-bond acceptors (Lipinski definition) is 3. The fraction of sp³-hybridized carbons (Fsp3) is 0.471. The first-order chi connectivity index (χ1) is 9.85. The van der Waals surface area contributed by atoms with Crippen molar-refractivity contribution in [1.29, 1.82) is 0 Å². The summed E-state index contributed by atoms with van der Waals surface area (Å²) < 4.78 is 0. The van der Waals surface area contributed by atoms with Crippen LogP contribution in [0.2, 0.25) is 0 Å². The van der Waals surface area contributed by atoms with E-state index in [-0.39, 0.29) is 0 Å². The van der Waals surface area contributed by atoms with Crippen LogP contribution in [0.3, 0.4) is 0 Å². The van der Waals surface area contributed by atoms with Gasteiger partial charge < -0.3 is 5.32 Å². The van der Waals surface area contributed by atoms with Gasteiger partial charge in [0.25, 0.3) is 0 Å². The van der Waals surface area contributed by atoms with Crippen molar-refractivity contribution in [2.75, 3.05) is 17.6 Å². The van der Waals surface area contributed by atoms with Crippen molar-refractivity contribution in [1.82, 2.24) is 4.98 Å². The lowest BCUT2D eigenvalue weighted by atomic mass is 10.1. The van der Waals surface area contributed by atoms with Gasteiger partial charge in [-0.25, -0.2) is 4.98 Å². The second-order valence-electron chi connectivity index (χ2n) is 5.02. The number of pyridine rings is 1. The van der Waals surface area contributed by atoms with Gasteiger partial charge in [0.2, 0.25) is 0 Å². The number of thioether (sulfide) groups is 1. The first-order valence-corrected chi connectivity index (χ1v) is 8.71. The fourth-order valence-electron chi connectivity index (χ4n) is 2.09. The van der Waals surface area contributed by atoms with Crippen LogP contribution in [0, 0.1) is 0 Å². The highest BCUT2D eigenvalue weighted by atomic mass is 32.2. The summed E-state index contributed by atoms with van der Waals surface area (Å²) in [5, 5.41) is 4.71. The van der Waals surface area contributed by atoms with E-state index >= 15 is 0 Å². The van der Waals surface area contributed by atoms with Crippen LogP contribution in [0.25, 0.3) is 10.9 Å². The van der Waals surface area contributed by atoms with Gasteiger partial charge in [-0.1, -0.05) is 38.5 Å². The van der Waals surface area contributed by atoms with Crippen LogP contribution in [0.15, 0.2) is 30.3 Å². The van der Waals surface area contributed by atoms with Crippen molar-refractivity contribution in [3.63, 3.8) is 0 Å². The molecule has 0 saturated heterocycles. The Labute approximate surface area is 126 Å². The molecule has 2 nitrogen and oxygen atoms in total. The third-order valence-corrected chi connectivity index (χ3v) is 4.34. The lowest BCUT2D eigenvalue weighted by Gasteiger charge is -2.12. The molecule has 0 radical (unpaired) electrons. The zero-order chi connectivity index (χ0) is 14.2. The molecule has 0 aliphatic heterocycles. The monoisotopic (exact) mass is 288 g/mol. The molecule has 0 aliphatic carbocycles. The molecule has 0 unspecified atom stereocenters. The molecule has 1 heterocycles. The average molecular weight is 288 g/mol. The molecule has 0 aliphatic rings. The lowest BCUT2D eigenvalue weighted by Crippen LogP contribution is -2.05. The predicted molar refractivity (Wildman–Crippen MR) is 91.6 cm³/mol. The van der Waals surface area contributed by atoms with Gasteiger partial charge in [0.05, 0.1) is 5.52 Å². The van der Waals surface area contributed by atoms with Gasteiger partial charge in [-0.15, -0.1) is 0 Å². The largest absolute Gasteiger partial charge is 0.370 e. The Kier molecular flexibility index (Phi) is 6.19. The van der Waals surface area contributed by atoms with Gasteiger partial charge in [-0.2, -0.15) is 11.8 Å². The average Bonchev–Trinajstić information content (AvgIpc) is 2.49. The summed E-state index contributed by atoms with van der Waals surface area (Å²) in [4.78, 5) is 4.79. The van der Waals surface area contributed by atoms with Gasteiger partial charge in [0.15, 0.2) is 0 Å². The Morgan fingerprint density at radius 2 is 2.00 bits per heavy atom. The number of para-hydroxylation sites is 1. The Hall–Kier alpha value is -1.22. The molecule has 20 heavy (non-hydrogen) atoms. The third-order valence-electron chi connectivity index (χ3n) is 3.25. The van der Waals surface area contributed by atoms with Crippen molar-refractivity contribution < 1.29 is 0 Å². The van der Waals surface area contributed by atoms with Crippen LogP contribution in [-0.2, 0) is 5.75 Å². The molecule has 1 aromatic heterocycles. The maximum atomic E-state index is 4.79. The number of aromatic nitrogens is 1. The van der Waals surface area contributed by atoms with E-state index in [9.17, 15) is 0 Å². The summed E-state index contributed by atoms with van der Waals surface area (Å²) in [5.74, 6) is 3.34. The molecule has 0 fully saturated rings. The fourth-order valence-corrected chi connectivity index (χ4v) is 3.17. The molecule has 1 aromatic carbocycles. The van der Waals surface area contributed by atoms with Gasteiger partial charge in [0.1, 0.15) is 5.82 Å². The molecule has 1 N–H and O–H groups in total. The summed E-state index contributed by atoms with van der Waals surface area (Å²) in [7, 11) is 0. The molecule has 0 amide bonds. The van der Waals surface area contributed by atoms with Crippen molar-refractivity contribution in [3.8, 4) is 0 Å². The number of hydrogen-bond donors (Lipinski definition) is 1. The second kappa shape index (κ2) is 8.15. The van der Waals surface area contributed by atoms with Crippen LogP contribution in [0.1, 0.15) is 38.7 Å². The minimum absolute atomic E-state index is 0.984. The highest BCUT2D eigenvalue weighted by Gasteiger charge is 2.06. The van der Waals surface area contributed by atoms with Gasteiger partial charge in [-0.3, -0.25) is 0 Å². The highest BCUT2D eigenvalue weighted by Crippen LogP contribution is 2.24. The van der Waals surface area contributed by atoms with Crippen LogP contribution < -0.4 is 5.32 Å². The van der Waals surface area contributed by atoms with Crippen LogP contribution in [0.5, 0.6) is 0 Å². The molecule has 2 aromatic rings. The van der Waals surface area contributed by atoms with Crippen LogP contribution in [-0.4, -0.2) is 17.3 Å². The van der Waals surface area contributed by atoms with E-state index in [2.05, 4.69) is 49.5 Å². The number of rotatable bonds is 8. The quantitative estimate of drug-likeness (QED) is 0.685. The van der Waals surface area contributed by atoms with E-state index in [1.807, 2.05) is 11.8 Å². The summed E-state index contributed by atoms with van der Waals surface area (Å²) in [5.41, 5.74) is 2.41. The first kappa shape index (κ1) is 15.2. The van der Waals surface area contributed by atoms with Crippen molar-refractivity contribution in [2.24, 2.45) is 0 Å². The second-order valence-corrected chi connectivity index (χ2v) is 6.13. The number of anilines is 1. The van der Waals surface area contributed by atoms with Gasteiger partial charge in [-0.05, 0) is 30.7 Å². The minimum atomic E-state index is 0.984. The van der Waals surface area contributed by atoms with E-state index in [4.69, 9.17) is 4.98 Å². The topological polar surface area (TPSA) is 24.9 Å². The predicted octanol–water partition coefficient (Wildman–Crippen LogP) is 5.09. The van der Waals surface area contributed by atoms with Crippen LogP contribution in [0.4, 0.5) is 5.82 Å².